The van der Waals surface area contributed by atoms with Gasteiger partial charge in [0.25, 0.3) is 0 Å². The van der Waals surface area contributed by atoms with Gasteiger partial charge in [0.15, 0.2) is 0 Å². The summed E-state index contributed by atoms with van der Waals surface area (Å²) < 4.78 is 11.0. The molecule has 0 aliphatic rings. The zero-order chi connectivity index (χ0) is 16.7. The minimum atomic E-state index is 0.421. The van der Waals surface area contributed by atoms with Crippen molar-refractivity contribution in [3.63, 3.8) is 0 Å². The van der Waals surface area contributed by atoms with Crippen LogP contribution in [0, 0.1) is 0 Å². The first-order valence-corrected chi connectivity index (χ1v) is 7.15. The van der Waals surface area contributed by atoms with Gasteiger partial charge in [0, 0.05) is 11.5 Å². The molecule has 0 aliphatic heterocycles. The highest BCUT2D eigenvalue weighted by Gasteiger charge is 2.13. The first-order chi connectivity index (χ1) is 10.6. The van der Waals surface area contributed by atoms with Crippen molar-refractivity contribution < 1.29 is 9.47 Å². The molecule has 2 N–H and O–H groups in total. The molecule has 22 heavy (non-hydrogen) atoms. The van der Waals surface area contributed by atoms with Crippen LogP contribution in [-0.4, -0.2) is 17.1 Å². The molecule has 1 heterocycles. The third-order valence-electron chi connectivity index (χ3n) is 2.80. The summed E-state index contributed by atoms with van der Waals surface area (Å²) in [5.74, 6) is 2.33. The van der Waals surface area contributed by atoms with Gasteiger partial charge in [0.2, 0.25) is 0 Å². The topological polar surface area (TPSA) is 70.3 Å². The molecule has 1 aromatic heterocycles. The maximum Gasteiger partial charge on any atom is 0.134 e. The van der Waals surface area contributed by atoms with Crippen molar-refractivity contribution in [3.8, 4) is 5.75 Å². The number of nitrogens with zero attached hydrogens (tertiary/aromatic N) is 2. The van der Waals surface area contributed by atoms with Gasteiger partial charge in [-0.25, -0.2) is 9.97 Å². The molecule has 2 aromatic rings. The van der Waals surface area contributed by atoms with Crippen LogP contribution < -0.4 is 10.5 Å². The molecule has 2 rings (SSSR count). The SMILES string of the molecule is C=C(C)O/C(=C\C)c1cc2c(N)ncnc2cc1OC.CC. The van der Waals surface area contributed by atoms with E-state index < -0.39 is 0 Å². The number of ether oxygens (including phenoxy) is 2. The highest BCUT2D eigenvalue weighted by molar-refractivity contribution is 5.92. The fraction of sp³-hybridized carbons (Fsp3) is 0.294. The predicted octanol–water partition coefficient (Wildman–Crippen LogP) is 4.16. The van der Waals surface area contributed by atoms with Crippen molar-refractivity contribution in [2.24, 2.45) is 0 Å². The van der Waals surface area contributed by atoms with Gasteiger partial charge in [-0.2, -0.15) is 0 Å². The van der Waals surface area contributed by atoms with Crippen LogP contribution in [0.3, 0.4) is 0 Å². The monoisotopic (exact) mass is 301 g/mol. The second-order valence-corrected chi connectivity index (χ2v) is 4.29. The maximum absolute atomic E-state index is 5.89. The van der Waals surface area contributed by atoms with E-state index in [1.807, 2.05) is 39.0 Å². The molecule has 0 atom stereocenters. The Morgan fingerprint density at radius 1 is 1.27 bits per heavy atom. The normalized spacial score (nSPS) is 10.7. The molecule has 0 amide bonds. The molecule has 0 bridgehead atoms. The Hall–Kier alpha value is -2.56. The van der Waals surface area contributed by atoms with Crippen molar-refractivity contribution in [1.82, 2.24) is 9.97 Å². The first kappa shape index (κ1) is 17.5. The van der Waals surface area contributed by atoms with E-state index in [9.17, 15) is 0 Å². The van der Waals surface area contributed by atoms with Gasteiger partial charge in [-0.15, -0.1) is 0 Å². The molecule has 0 aliphatic carbocycles. The van der Waals surface area contributed by atoms with Crippen molar-refractivity contribution in [2.45, 2.75) is 27.7 Å². The van der Waals surface area contributed by atoms with E-state index in [0.29, 0.717) is 23.1 Å². The van der Waals surface area contributed by atoms with E-state index in [2.05, 4.69) is 16.5 Å². The molecule has 0 saturated carbocycles. The number of fused-ring (bicyclic) bond motifs is 1. The number of benzene rings is 1. The summed E-state index contributed by atoms with van der Waals surface area (Å²) in [6, 6.07) is 3.68. The number of hydrogen-bond acceptors (Lipinski definition) is 5. The lowest BCUT2D eigenvalue weighted by atomic mass is 10.1. The van der Waals surface area contributed by atoms with Crippen LogP contribution in [-0.2, 0) is 4.74 Å². The fourth-order valence-corrected chi connectivity index (χ4v) is 1.92. The Morgan fingerprint density at radius 2 is 1.95 bits per heavy atom. The molecule has 0 spiro atoms. The van der Waals surface area contributed by atoms with E-state index in [1.54, 1.807) is 14.0 Å². The quantitative estimate of drug-likeness (QED) is 0.859. The Kier molecular flexibility index (Phi) is 6.38. The second-order valence-electron chi connectivity index (χ2n) is 4.29. The van der Waals surface area contributed by atoms with Crippen LogP contribution in [0.4, 0.5) is 5.82 Å². The largest absolute Gasteiger partial charge is 0.496 e. The number of nitrogens with two attached hydrogens (primary N) is 1. The lowest BCUT2D eigenvalue weighted by Crippen LogP contribution is -1.98. The van der Waals surface area contributed by atoms with Gasteiger partial charge < -0.3 is 15.2 Å². The molecular weight excluding hydrogens is 278 g/mol. The number of nitrogen functional groups attached to an aromatic ring is 1. The van der Waals surface area contributed by atoms with Crippen LogP contribution in [0.1, 0.15) is 33.3 Å². The van der Waals surface area contributed by atoms with Gasteiger partial charge in [0.1, 0.15) is 23.7 Å². The molecule has 0 saturated heterocycles. The molecule has 118 valence electrons. The van der Waals surface area contributed by atoms with Gasteiger partial charge in [-0.05, 0) is 26.0 Å². The van der Waals surface area contributed by atoms with Gasteiger partial charge in [-0.1, -0.05) is 20.4 Å². The van der Waals surface area contributed by atoms with Crippen molar-refractivity contribution in [2.75, 3.05) is 12.8 Å². The highest BCUT2D eigenvalue weighted by atomic mass is 16.5. The van der Waals surface area contributed by atoms with E-state index in [1.165, 1.54) is 6.33 Å². The summed E-state index contributed by atoms with van der Waals surface area (Å²) in [5, 5.41) is 0.757. The number of anilines is 1. The average Bonchev–Trinajstić information content (AvgIpc) is 2.53. The maximum atomic E-state index is 5.89. The van der Waals surface area contributed by atoms with Gasteiger partial charge >= 0.3 is 0 Å². The first-order valence-electron chi connectivity index (χ1n) is 7.15. The van der Waals surface area contributed by atoms with Gasteiger partial charge in [0.05, 0.1) is 23.9 Å². The Bertz CT molecular complexity index is 694. The zero-order valence-corrected chi connectivity index (χ0v) is 13.8. The number of hydrogen-bond donors (Lipinski definition) is 1. The van der Waals surface area contributed by atoms with E-state index in [-0.39, 0.29) is 0 Å². The summed E-state index contributed by atoms with van der Waals surface area (Å²) >= 11 is 0. The predicted molar refractivity (Wildman–Crippen MR) is 91.4 cm³/mol. The van der Waals surface area contributed by atoms with Crippen LogP contribution in [0.15, 0.2) is 36.9 Å². The standard InChI is InChI=1S/C15H17N3O2.C2H6/c1-5-13(20-9(2)3)11-6-10-12(7-14(11)19-4)17-8-18-15(10)16;1-2/h5-8H,2H2,1,3-4H3,(H2,16,17,18);1-2H3/b13-5-;. The summed E-state index contributed by atoms with van der Waals surface area (Å²) in [6.45, 7) is 11.4. The van der Waals surface area contributed by atoms with Crippen LogP contribution in [0.2, 0.25) is 0 Å². The minimum Gasteiger partial charge on any atom is -0.496 e. The molecular formula is C17H23N3O2. The molecule has 5 nitrogen and oxygen atoms in total. The smallest absolute Gasteiger partial charge is 0.134 e. The third-order valence-corrected chi connectivity index (χ3v) is 2.80. The number of methoxy groups -OCH3 is 1. The molecule has 1 aromatic carbocycles. The van der Waals surface area contributed by atoms with Crippen LogP contribution in [0.25, 0.3) is 16.7 Å². The molecule has 5 heteroatoms. The van der Waals surface area contributed by atoms with E-state index in [0.717, 1.165) is 16.5 Å². The molecule has 0 radical (unpaired) electrons. The minimum absolute atomic E-state index is 0.421. The second kappa shape index (κ2) is 8.02. The van der Waals surface area contributed by atoms with Gasteiger partial charge in [-0.3, -0.25) is 0 Å². The van der Waals surface area contributed by atoms with E-state index >= 15 is 0 Å². The summed E-state index contributed by atoms with van der Waals surface area (Å²) in [4.78, 5) is 8.19. The third kappa shape index (κ3) is 3.75. The summed E-state index contributed by atoms with van der Waals surface area (Å²) in [6.07, 6.45) is 3.27. The van der Waals surface area contributed by atoms with Crippen LogP contribution >= 0.6 is 0 Å². The Labute approximate surface area is 131 Å². The number of aromatic nitrogens is 2. The summed E-state index contributed by atoms with van der Waals surface area (Å²) in [5.41, 5.74) is 7.40. The molecule has 0 unspecified atom stereocenters. The Morgan fingerprint density at radius 3 is 2.50 bits per heavy atom. The number of rotatable bonds is 4. The van der Waals surface area contributed by atoms with Crippen molar-refractivity contribution in [3.05, 3.63) is 42.4 Å². The zero-order valence-electron chi connectivity index (χ0n) is 13.8. The van der Waals surface area contributed by atoms with Crippen molar-refractivity contribution >= 4 is 22.5 Å². The highest BCUT2D eigenvalue weighted by Crippen LogP contribution is 2.33. The summed E-state index contributed by atoms with van der Waals surface area (Å²) in [7, 11) is 1.60. The van der Waals surface area contributed by atoms with Crippen molar-refractivity contribution in [1.29, 1.82) is 0 Å². The lowest BCUT2D eigenvalue weighted by Gasteiger charge is -2.14. The average molecular weight is 301 g/mol. The van der Waals surface area contributed by atoms with E-state index in [4.69, 9.17) is 15.2 Å². The molecule has 0 fully saturated rings. The Balaban J connectivity index is 0.00000116. The number of allylic oxidation sites excluding steroid dienone is 2. The lowest BCUT2D eigenvalue weighted by molar-refractivity contribution is 0.375. The fourth-order valence-electron chi connectivity index (χ4n) is 1.92. The van der Waals surface area contributed by atoms with Crippen LogP contribution in [0.5, 0.6) is 5.75 Å².